The molecule has 2 heterocycles. The van der Waals surface area contributed by atoms with E-state index in [-0.39, 0.29) is 18.7 Å². The number of hydrogen-bond donors (Lipinski definition) is 1. The van der Waals surface area contributed by atoms with Crippen molar-refractivity contribution in [3.8, 4) is 0 Å². The lowest BCUT2D eigenvalue weighted by Crippen LogP contribution is -2.66. The number of aliphatic hydroxyl groups excluding tert-OH is 1. The Bertz CT molecular complexity index is 639. The van der Waals surface area contributed by atoms with Gasteiger partial charge in [-0.15, -0.1) is 0 Å². The van der Waals surface area contributed by atoms with Crippen LogP contribution in [-0.2, 0) is 30.3 Å². The zero-order valence-corrected chi connectivity index (χ0v) is 14.0. The minimum atomic E-state index is -0.963. The predicted molar refractivity (Wildman–Crippen MR) is 84.7 cm³/mol. The van der Waals surface area contributed by atoms with Gasteiger partial charge in [-0.1, -0.05) is 24.3 Å². The summed E-state index contributed by atoms with van der Waals surface area (Å²) in [7, 11) is 0. The van der Waals surface area contributed by atoms with Crippen molar-refractivity contribution in [3.05, 3.63) is 47.7 Å². The Morgan fingerprint density at radius 1 is 1.33 bits per heavy atom. The largest absolute Gasteiger partial charge is 0.493 e. The topological polar surface area (TPSA) is 74.2 Å². The van der Waals surface area contributed by atoms with Gasteiger partial charge in [-0.05, 0) is 25.5 Å². The first-order valence-corrected chi connectivity index (χ1v) is 7.90. The standard InChI is InChI=1S/C18H22O6/c1-12(20)23-17(2)8-9-21-15-11-22-16(24-18(15,17)3)14-6-4-13(10-19)5-7-14/h4-9,15-16,19H,10-11H2,1-3H3/t15?,16?,17-,18-/m1/s1. The highest BCUT2D eigenvalue weighted by molar-refractivity contribution is 5.67. The van der Waals surface area contributed by atoms with Crippen molar-refractivity contribution in [1.29, 1.82) is 0 Å². The molecule has 1 fully saturated rings. The van der Waals surface area contributed by atoms with E-state index in [0.29, 0.717) is 6.61 Å². The number of carbonyl (C=O) groups excluding carboxylic acids is 1. The molecule has 2 aliphatic rings. The third kappa shape index (κ3) is 2.81. The quantitative estimate of drug-likeness (QED) is 0.855. The number of esters is 1. The Morgan fingerprint density at radius 3 is 2.67 bits per heavy atom. The molecule has 1 aromatic carbocycles. The van der Waals surface area contributed by atoms with Crippen molar-refractivity contribution in [2.75, 3.05) is 6.61 Å². The lowest BCUT2D eigenvalue weighted by atomic mass is 9.78. The van der Waals surface area contributed by atoms with E-state index in [1.807, 2.05) is 31.2 Å². The van der Waals surface area contributed by atoms with Crippen LogP contribution in [0.15, 0.2) is 36.6 Å². The molecule has 0 saturated carbocycles. The van der Waals surface area contributed by atoms with Crippen LogP contribution in [0.4, 0.5) is 0 Å². The van der Waals surface area contributed by atoms with Crippen LogP contribution in [0.1, 0.15) is 38.2 Å². The van der Waals surface area contributed by atoms with E-state index in [2.05, 4.69) is 0 Å². The molecule has 1 N–H and O–H groups in total. The minimum Gasteiger partial charge on any atom is -0.493 e. The highest BCUT2D eigenvalue weighted by Crippen LogP contribution is 2.45. The number of hydrogen-bond acceptors (Lipinski definition) is 6. The predicted octanol–water partition coefficient (Wildman–Crippen LogP) is 2.22. The fourth-order valence-electron chi connectivity index (χ4n) is 3.08. The Kier molecular flexibility index (Phi) is 4.38. The summed E-state index contributed by atoms with van der Waals surface area (Å²) in [5, 5.41) is 9.15. The summed E-state index contributed by atoms with van der Waals surface area (Å²) in [6, 6.07) is 7.34. The van der Waals surface area contributed by atoms with Crippen LogP contribution in [-0.4, -0.2) is 35.0 Å². The summed E-state index contributed by atoms with van der Waals surface area (Å²) >= 11 is 0. The van der Waals surface area contributed by atoms with Crippen molar-refractivity contribution in [3.63, 3.8) is 0 Å². The molecule has 130 valence electrons. The molecule has 0 aliphatic carbocycles. The number of fused-ring (bicyclic) bond motifs is 1. The smallest absolute Gasteiger partial charge is 0.303 e. The summed E-state index contributed by atoms with van der Waals surface area (Å²) < 4.78 is 23.2. The maximum absolute atomic E-state index is 11.5. The number of ether oxygens (including phenoxy) is 4. The molecule has 24 heavy (non-hydrogen) atoms. The molecule has 0 bridgehead atoms. The van der Waals surface area contributed by atoms with Crippen molar-refractivity contribution < 1.29 is 28.8 Å². The Labute approximate surface area is 141 Å². The van der Waals surface area contributed by atoms with Gasteiger partial charge in [0.15, 0.2) is 23.6 Å². The van der Waals surface area contributed by atoms with Gasteiger partial charge < -0.3 is 24.1 Å². The van der Waals surface area contributed by atoms with Crippen LogP contribution in [0, 0.1) is 0 Å². The zero-order chi connectivity index (χ0) is 17.4. The molecular weight excluding hydrogens is 312 g/mol. The molecule has 6 heteroatoms. The third-order valence-electron chi connectivity index (χ3n) is 4.77. The van der Waals surface area contributed by atoms with Crippen LogP contribution in [0.3, 0.4) is 0 Å². The van der Waals surface area contributed by atoms with E-state index in [4.69, 9.17) is 24.1 Å². The van der Waals surface area contributed by atoms with Crippen LogP contribution in [0.2, 0.25) is 0 Å². The summed E-state index contributed by atoms with van der Waals surface area (Å²) in [4.78, 5) is 11.5. The van der Waals surface area contributed by atoms with Gasteiger partial charge in [-0.3, -0.25) is 4.79 Å². The number of aliphatic hydroxyl groups is 1. The highest BCUT2D eigenvalue weighted by atomic mass is 16.7. The Balaban J connectivity index is 1.88. The first-order chi connectivity index (χ1) is 11.4. The lowest BCUT2D eigenvalue weighted by Gasteiger charge is -2.52. The molecule has 2 unspecified atom stereocenters. The molecule has 1 saturated heterocycles. The molecule has 0 amide bonds. The van der Waals surface area contributed by atoms with Gasteiger partial charge in [-0.25, -0.2) is 0 Å². The van der Waals surface area contributed by atoms with Crippen LogP contribution < -0.4 is 0 Å². The van der Waals surface area contributed by atoms with Crippen molar-refractivity contribution in [1.82, 2.24) is 0 Å². The van der Waals surface area contributed by atoms with Gasteiger partial charge in [0.25, 0.3) is 0 Å². The van der Waals surface area contributed by atoms with Crippen molar-refractivity contribution in [2.24, 2.45) is 0 Å². The van der Waals surface area contributed by atoms with Gasteiger partial charge in [0.05, 0.1) is 19.5 Å². The van der Waals surface area contributed by atoms with E-state index in [0.717, 1.165) is 11.1 Å². The first kappa shape index (κ1) is 17.0. The van der Waals surface area contributed by atoms with E-state index >= 15 is 0 Å². The fourth-order valence-corrected chi connectivity index (χ4v) is 3.08. The Morgan fingerprint density at radius 2 is 2.04 bits per heavy atom. The van der Waals surface area contributed by atoms with E-state index < -0.39 is 17.5 Å². The molecule has 1 aromatic rings. The average molecular weight is 334 g/mol. The zero-order valence-electron chi connectivity index (χ0n) is 14.0. The number of benzene rings is 1. The summed E-state index contributed by atoms with van der Waals surface area (Å²) in [5.74, 6) is -0.386. The SMILES string of the molecule is CC(=O)O[C@]1(C)C=COC2COC(c3ccc(CO)cc3)O[C@]21C. The normalized spacial score (nSPS) is 35.0. The Hall–Kier alpha value is -1.89. The second kappa shape index (κ2) is 6.20. The van der Waals surface area contributed by atoms with E-state index in [1.165, 1.54) is 13.2 Å². The maximum Gasteiger partial charge on any atom is 0.303 e. The van der Waals surface area contributed by atoms with Crippen LogP contribution in [0.5, 0.6) is 0 Å². The molecule has 0 radical (unpaired) electrons. The molecule has 6 nitrogen and oxygen atoms in total. The molecule has 4 atom stereocenters. The molecular formula is C18H22O6. The van der Waals surface area contributed by atoms with E-state index in [1.54, 1.807) is 13.0 Å². The monoisotopic (exact) mass is 334 g/mol. The van der Waals surface area contributed by atoms with Crippen LogP contribution >= 0.6 is 0 Å². The first-order valence-electron chi connectivity index (χ1n) is 7.90. The highest BCUT2D eigenvalue weighted by Gasteiger charge is 2.59. The average Bonchev–Trinajstić information content (AvgIpc) is 2.55. The molecule has 0 spiro atoms. The number of rotatable bonds is 3. The third-order valence-corrected chi connectivity index (χ3v) is 4.77. The van der Waals surface area contributed by atoms with Gasteiger partial charge >= 0.3 is 5.97 Å². The number of carbonyl (C=O) groups is 1. The van der Waals surface area contributed by atoms with E-state index in [9.17, 15) is 4.79 Å². The second-order valence-corrected chi connectivity index (χ2v) is 6.42. The molecule has 2 aliphatic heterocycles. The van der Waals surface area contributed by atoms with Gasteiger partial charge in [-0.2, -0.15) is 0 Å². The second-order valence-electron chi connectivity index (χ2n) is 6.42. The summed E-state index contributed by atoms with van der Waals surface area (Å²) in [5.41, 5.74) is -0.222. The molecule has 3 rings (SSSR count). The summed E-state index contributed by atoms with van der Waals surface area (Å²) in [6.07, 6.45) is 2.23. The van der Waals surface area contributed by atoms with Gasteiger partial charge in [0.1, 0.15) is 0 Å². The maximum atomic E-state index is 11.5. The van der Waals surface area contributed by atoms with Crippen LogP contribution in [0.25, 0.3) is 0 Å². The minimum absolute atomic E-state index is 0.0182. The fraction of sp³-hybridized carbons (Fsp3) is 0.500. The van der Waals surface area contributed by atoms with Crippen molar-refractivity contribution in [2.45, 2.75) is 51.0 Å². The summed E-state index contributed by atoms with van der Waals surface area (Å²) in [6.45, 7) is 5.33. The van der Waals surface area contributed by atoms with Gasteiger partial charge in [0, 0.05) is 12.5 Å². The lowest BCUT2D eigenvalue weighted by molar-refractivity contribution is -0.337. The van der Waals surface area contributed by atoms with Gasteiger partial charge in [0.2, 0.25) is 0 Å². The molecule has 0 aromatic heterocycles. The van der Waals surface area contributed by atoms with Crippen molar-refractivity contribution >= 4 is 5.97 Å².